The highest BCUT2D eigenvalue weighted by Crippen LogP contribution is 2.34. The van der Waals surface area contributed by atoms with Gasteiger partial charge in [0.1, 0.15) is 6.61 Å². The van der Waals surface area contributed by atoms with E-state index in [4.69, 9.17) is 32.7 Å². The predicted molar refractivity (Wildman–Crippen MR) is 121 cm³/mol. The molecule has 1 N–H and O–H groups in total. The Hall–Kier alpha value is -1.68. The molecule has 1 aliphatic rings. The van der Waals surface area contributed by atoms with Crippen molar-refractivity contribution in [2.75, 3.05) is 13.2 Å². The highest BCUT2D eigenvalue weighted by atomic mass is 35.5. The summed E-state index contributed by atoms with van der Waals surface area (Å²) >= 11 is 12.8. The standard InChI is InChI=1S/C24H29Cl2NO2/c1-2-28-23-14-20(16-27-13-12-18-8-4-3-5-9-18)22(26)15-24(23)29-17-19-10-6-7-11-21(19)25/h6-8,10-11,14-15,27H,2-5,9,12-13,16-17H2,1H3. The third-order valence-electron chi connectivity index (χ3n) is 5.08. The van der Waals surface area contributed by atoms with Gasteiger partial charge in [-0.3, -0.25) is 0 Å². The number of benzene rings is 2. The normalized spacial score (nSPS) is 13.8. The van der Waals surface area contributed by atoms with Gasteiger partial charge < -0.3 is 14.8 Å². The zero-order valence-corrected chi connectivity index (χ0v) is 18.5. The van der Waals surface area contributed by atoms with E-state index in [0.717, 1.165) is 24.1 Å². The maximum Gasteiger partial charge on any atom is 0.163 e. The summed E-state index contributed by atoms with van der Waals surface area (Å²) in [4.78, 5) is 0. The second-order valence-electron chi connectivity index (χ2n) is 7.24. The van der Waals surface area contributed by atoms with Gasteiger partial charge in [-0.1, -0.05) is 53.1 Å². The van der Waals surface area contributed by atoms with Gasteiger partial charge in [-0.25, -0.2) is 0 Å². The van der Waals surface area contributed by atoms with E-state index in [1.54, 1.807) is 5.57 Å². The van der Waals surface area contributed by atoms with Gasteiger partial charge in [0, 0.05) is 28.2 Å². The average molecular weight is 434 g/mol. The summed E-state index contributed by atoms with van der Waals surface area (Å²) in [7, 11) is 0. The molecule has 2 aromatic rings. The Labute approximate surface area is 184 Å². The summed E-state index contributed by atoms with van der Waals surface area (Å²) in [5.74, 6) is 1.34. The van der Waals surface area contributed by atoms with Gasteiger partial charge in [-0.15, -0.1) is 0 Å². The van der Waals surface area contributed by atoms with E-state index in [1.807, 2.05) is 43.3 Å². The van der Waals surface area contributed by atoms with Crippen LogP contribution in [-0.2, 0) is 13.2 Å². The first-order valence-corrected chi connectivity index (χ1v) is 11.1. The molecule has 0 bridgehead atoms. The van der Waals surface area contributed by atoms with E-state index in [9.17, 15) is 0 Å². The van der Waals surface area contributed by atoms with Crippen molar-refractivity contribution >= 4 is 23.2 Å². The molecule has 0 aromatic heterocycles. The van der Waals surface area contributed by atoms with Crippen molar-refractivity contribution < 1.29 is 9.47 Å². The summed E-state index contributed by atoms with van der Waals surface area (Å²) in [5, 5.41) is 4.86. The number of rotatable bonds is 10. The summed E-state index contributed by atoms with van der Waals surface area (Å²) in [5.41, 5.74) is 3.52. The van der Waals surface area contributed by atoms with Crippen molar-refractivity contribution in [2.45, 2.75) is 52.2 Å². The second kappa shape index (κ2) is 11.5. The minimum Gasteiger partial charge on any atom is -0.490 e. The Morgan fingerprint density at radius 1 is 0.966 bits per heavy atom. The third-order valence-corrected chi connectivity index (χ3v) is 5.80. The van der Waals surface area contributed by atoms with Crippen LogP contribution in [0.4, 0.5) is 0 Å². The van der Waals surface area contributed by atoms with Gasteiger partial charge in [0.05, 0.1) is 6.61 Å². The number of hydrogen-bond donors (Lipinski definition) is 1. The van der Waals surface area contributed by atoms with Crippen LogP contribution in [-0.4, -0.2) is 13.2 Å². The first-order valence-electron chi connectivity index (χ1n) is 10.4. The molecule has 0 amide bonds. The van der Waals surface area contributed by atoms with E-state index in [1.165, 1.54) is 25.7 Å². The Kier molecular flexibility index (Phi) is 8.72. The zero-order valence-electron chi connectivity index (χ0n) is 17.0. The van der Waals surface area contributed by atoms with E-state index in [2.05, 4.69) is 11.4 Å². The lowest BCUT2D eigenvalue weighted by atomic mass is 9.97. The van der Waals surface area contributed by atoms with Gasteiger partial charge in [-0.05, 0) is 63.3 Å². The van der Waals surface area contributed by atoms with E-state index in [0.29, 0.717) is 41.3 Å². The van der Waals surface area contributed by atoms with Crippen molar-refractivity contribution in [3.63, 3.8) is 0 Å². The van der Waals surface area contributed by atoms with Gasteiger partial charge in [0.15, 0.2) is 11.5 Å². The van der Waals surface area contributed by atoms with Crippen LogP contribution >= 0.6 is 23.2 Å². The molecule has 0 radical (unpaired) electrons. The van der Waals surface area contributed by atoms with Crippen molar-refractivity contribution in [2.24, 2.45) is 0 Å². The molecule has 2 aromatic carbocycles. The molecule has 156 valence electrons. The molecule has 0 fully saturated rings. The number of hydrogen-bond acceptors (Lipinski definition) is 3. The molecule has 0 heterocycles. The van der Waals surface area contributed by atoms with Gasteiger partial charge in [-0.2, -0.15) is 0 Å². The van der Waals surface area contributed by atoms with Crippen molar-refractivity contribution in [3.8, 4) is 11.5 Å². The minimum atomic E-state index is 0.364. The molecule has 1 aliphatic carbocycles. The number of nitrogens with one attached hydrogen (secondary N) is 1. The molecule has 0 spiro atoms. The molecule has 3 nitrogen and oxygen atoms in total. The Balaban J connectivity index is 1.60. The summed E-state index contributed by atoms with van der Waals surface area (Å²) in [6.45, 7) is 4.55. The fraction of sp³-hybridized carbons (Fsp3) is 0.417. The quantitative estimate of drug-likeness (QED) is 0.324. The van der Waals surface area contributed by atoms with Gasteiger partial charge in [0.2, 0.25) is 0 Å². The molecule has 0 unspecified atom stereocenters. The zero-order chi connectivity index (χ0) is 20.5. The molecule has 0 saturated heterocycles. The van der Waals surface area contributed by atoms with Crippen molar-refractivity contribution in [1.29, 1.82) is 0 Å². The first-order chi connectivity index (χ1) is 14.2. The number of allylic oxidation sites excluding steroid dienone is 1. The lowest BCUT2D eigenvalue weighted by molar-refractivity contribution is 0.269. The fourth-order valence-electron chi connectivity index (χ4n) is 3.47. The van der Waals surface area contributed by atoms with Crippen molar-refractivity contribution in [1.82, 2.24) is 5.32 Å². The maximum absolute atomic E-state index is 6.53. The Bertz CT molecular complexity index is 836. The van der Waals surface area contributed by atoms with Crippen LogP contribution in [0.2, 0.25) is 10.0 Å². The third kappa shape index (κ3) is 6.67. The van der Waals surface area contributed by atoms with Crippen LogP contribution < -0.4 is 14.8 Å². The van der Waals surface area contributed by atoms with Crippen molar-refractivity contribution in [3.05, 3.63) is 69.2 Å². The summed E-state index contributed by atoms with van der Waals surface area (Å²) in [6, 6.07) is 11.5. The molecule has 3 rings (SSSR count). The van der Waals surface area contributed by atoms with Crippen LogP contribution in [0.1, 0.15) is 50.2 Å². The topological polar surface area (TPSA) is 30.5 Å². The smallest absolute Gasteiger partial charge is 0.163 e. The monoisotopic (exact) mass is 433 g/mol. The molecular formula is C24H29Cl2NO2. The lowest BCUT2D eigenvalue weighted by Gasteiger charge is -2.16. The van der Waals surface area contributed by atoms with E-state index in [-0.39, 0.29) is 0 Å². The van der Waals surface area contributed by atoms with E-state index >= 15 is 0 Å². The van der Waals surface area contributed by atoms with Gasteiger partial charge in [0.25, 0.3) is 0 Å². The second-order valence-corrected chi connectivity index (χ2v) is 8.05. The first kappa shape index (κ1) is 22.0. The Morgan fingerprint density at radius 3 is 2.55 bits per heavy atom. The maximum atomic E-state index is 6.53. The average Bonchev–Trinajstić information content (AvgIpc) is 2.74. The fourth-order valence-corrected chi connectivity index (χ4v) is 3.88. The molecule has 5 heteroatoms. The van der Waals surface area contributed by atoms with Crippen LogP contribution in [0.3, 0.4) is 0 Å². The molecule has 0 atom stereocenters. The van der Waals surface area contributed by atoms with E-state index < -0.39 is 0 Å². The summed E-state index contributed by atoms with van der Waals surface area (Å²) in [6.07, 6.45) is 8.64. The lowest BCUT2D eigenvalue weighted by Crippen LogP contribution is -2.16. The van der Waals surface area contributed by atoms with Crippen LogP contribution in [0, 0.1) is 0 Å². The van der Waals surface area contributed by atoms with Crippen LogP contribution in [0.15, 0.2) is 48.0 Å². The Morgan fingerprint density at radius 2 is 1.79 bits per heavy atom. The number of halogens is 2. The highest BCUT2D eigenvalue weighted by molar-refractivity contribution is 6.31. The minimum absolute atomic E-state index is 0.364. The predicted octanol–water partition coefficient (Wildman–Crippen LogP) is 6.95. The van der Waals surface area contributed by atoms with Crippen LogP contribution in [0.25, 0.3) is 0 Å². The SMILES string of the molecule is CCOc1cc(CNCCC2=CCCCC2)c(Cl)cc1OCc1ccccc1Cl. The largest absolute Gasteiger partial charge is 0.490 e. The molecular weight excluding hydrogens is 405 g/mol. The molecule has 29 heavy (non-hydrogen) atoms. The van der Waals surface area contributed by atoms with Crippen LogP contribution in [0.5, 0.6) is 11.5 Å². The highest BCUT2D eigenvalue weighted by Gasteiger charge is 2.12. The molecule has 0 aliphatic heterocycles. The van der Waals surface area contributed by atoms with Gasteiger partial charge >= 0.3 is 0 Å². The molecule has 0 saturated carbocycles. The number of ether oxygens (including phenoxy) is 2. The summed E-state index contributed by atoms with van der Waals surface area (Å²) < 4.78 is 11.8.